The number of imidazole rings is 1. The molecule has 0 radical (unpaired) electrons. The number of nitrogens with zero attached hydrogens (tertiary/aromatic N) is 2. The van der Waals surface area contributed by atoms with Crippen LogP contribution < -0.4 is 10.6 Å². The van der Waals surface area contributed by atoms with Gasteiger partial charge in [-0.1, -0.05) is 0 Å². The molecule has 0 aliphatic carbocycles. The number of piperidine rings is 1. The molecule has 0 unspecified atom stereocenters. The van der Waals surface area contributed by atoms with Gasteiger partial charge in [-0.2, -0.15) is 0 Å². The fourth-order valence-electron chi connectivity index (χ4n) is 2.02. The Kier molecular flexibility index (Phi) is 8.01. The Bertz CT molecular complexity index is 400. The Hall–Kier alpha value is -0.820. The quantitative estimate of drug-likeness (QED) is 0.732. The van der Waals surface area contributed by atoms with Crippen molar-refractivity contribution in [3.8, 4) is 0 Å². The van der Waals surface area contributed by atoms with Crippen molar-refractivity contribution >= 4 is 30.7 Å². The first-order chi connectivity index (χ1) is 8.18. The molecule has 1 aromatic rings. The highest BCUT2D eigenvalue weighted by Gasteiger charge is 2.23. The van der Waals surface area contributed by atoms with E-state index in [1.807, 2.05) is 0 Å². The average Bonchev–Trinajstić information content (AvgIpc) is 2.74. The third-order valence-corrected chi connectivity index (χ3v) is 3.14. The second-order valence-electron chi connectivity index (χ2n) is 4.39. The molecule has 1 amide bonds. The van der Waals surface area contributed by atoms with Crippen molar-refractivity contribution in [2.45, 2.75) is 12.5 Å². The van der Waals surface area contributed by atoms with Gasteiger partial charge in [0.25, 0.3) is 5.91 Å². The van der Waals surface area contributed by atoms with Crippen LogP contribution in [0.1, 0.15) is 17.0 Å². The molecule has 8 heteroatoms. The number of carbonyl (C=O) groups excluding carboxylic acids is 1. The van der Waals surface area contributed by atoms with Crippen molar-refractivity contribution in [2.24, 2.45) is 13.0 Å². The first-order valence-electron chi connectivity index (χ1n) is 5.83. The lowest BCUT2D eigenvalue weighted by molar-refractivity contribution is 0.0748. The number of aryl methyl sites for hydroxylation is 1. The Balaban J connectivity index is 0.00000162. The zero-order chi connectivity index (χ0) is 12.3. The molecule has 0 aromatic carbocycles. The molecule has 1 saturated heterocycles. The third kappa shape index (κ3) is 4.65. The van der Waals surface area contributed by atoms with Crippen LogP contribution in [0.2, 0.25) is 0 Å². The molecule has 1 fully saturated rings. The molecule has 1 aliphatic rings. The van der Waals surface area contributed by atoms with E-state index in [9.17, 15) is 9.90 Å². The maximum Gasteiger partial charge on any atom is 0.287 e. The summed E-state index contributed by atoms with van der Waals surface area (Å²) < 4.78 is 1.67. The Morgan fingerprint density at radius 3 is 2.95 bits per heavy atom. The maximum atomic E-state index is 11.8. The van der Waals surface area contributed by atoms with Crippen molar-refractivity contribution in [3.05, 3.63) is 18.2 Å². The van der Waals surface area contributed by atoms with Crippen LogP contribution in [0, 0.1) is 5.92 Å². The van der Waals surface area contributed by atoms with Gasteiger partial charge in [0.1, 0.15) is 0 Å². The first kappa shape index (κ1) is 18.2. The second kappa shape index (κ2) is 8.37. The van der Waals surface area contributed by atoms with Crippen LogP contribution in [-0.2, 0) is 7.05 Å². The van der Waals surface area contributed by atoms with Gasteiger partial charge in [0.05, 0.1) is 6.10 Å². The van der Waals surface area contributed by atoms with E-state index in [2.05, 4.69) is 15.6 Å². The molecule has 1 aliphatic heterocycles. The van der Waals surface area contributed by atoms with Gasteiger partial charge in [0.15, 0.2) is 5.82 Å². The fourth-order valence-corrected chi connectivity index (χ4v) is 2.02. The third-order valence-electron chi connectivity index (χ3n) is 3.14. The van der Waals surface area contributed by atoms with E-state index in [1.54, 1.807) is 24.0 Å². The molecule has 19 heavy (non-hydrogen) atoms. The highest BCUT2D eigenvalue weighted by molar-refractivity contribution is 5.90. The van der Waals surface area contributed by atoms with E-state index < -0.39 is 0 Å². The number of amides is 1. The second-order valence-corrected chi connectivity index (χ2v) is 4.39. The van der Waals surface area contributed by atoms with Crippen molar-refractivity contribution in [1.82, 2.24) is 20.2 Å². The van der Waals surface area contributed by atoms with Crippen LogP contribution in [0.3, 0.4) is 0 Å². The highest BCUT2D eigenvalue weighted by Crippen LogP contribution is 2.11. The Morgan fingerprint density at radius 1 is 1.63 bits per heavy atom. The molecule has 0 bridgehead atoms. The summed E-state index contributed by atoms with van der Waals surface area (Å²) in [5.41, 5.74) is 0. The average molecular weight is 311 g/mol. The van der Waals surface area contributed by atoms with Gasteiger partial charge < -0.3 is 20.3 Å². The van der Waals surface area contributed by atoms with Gasteiger partial charge in [0, 0.05) is 38.4 Å². The summed E-state index contributed by atoms with van der Waals surface area (Å²) in [4.78, 5) is 15.8. The number of carbonyl (C=O) groups is 1. The zero-order valence-corrected chi connectivity index (χ0v) is 12.3. The molecule has 0 spiro atoms. The van der Waals surface area contributed by atoms with E-state index in [4.69, 9.17) is 0 Å². The summed E-state index contributed by atoms with van der Waals surface area (Å²) in [5.74, 6) is 0.331. The van der Waals surface area contributed by atoms with Crippen LogP contribution in [0.15, 0.2) is 12.4 Å². The number of halogens is 2. The zero-order valence-electron chi connectivity index (χ0n) is 10.7. The van der Waals surface area contributed by atoms with Gasteiger partial charge in [-0.15, -0.1) is 24.8 Å². The van der Waals surface area contributed by atoms with Gasteiger partial charge in [-0.3, -0.25) is 4.79 Å². The standard InChI is InChI=1S/C11H18N4O2.2ClH/c1-15-5-4-13-10(15)11(17)14-6-8-2-3-12-7-9(8)16;;/h4-5,8-9,12,16H,2-3,6-7H2,1H3,(H,14,17);2*1H/t8-,9+;;/m0../s1. The van der Waals surface area contributed by atoms with E-state index in [0.717, 1.165) is 13.0 Å². The molecular formula is C11H20Cl2N4O2. The molecule has 1 aromatic heterocycles. The SMILES string of the molecule is Cl.Cl.Cn1ccnc1C(=O)NC[C@@H]1CCNC[C@H]1O. The topological polar surface area (TPSA) is 79.2 Å². The molecule has 3 N–H and O–H groups in total. The molecule has 110 valence electrons. The van der Waals surface area contributed by atoms with Crippen LogP contribution in [0.5, 0.6) is 0 Å². The smallest absolute Gasteiger partial charge is 0.287 e. The van der Waals surface area contributed by atoms with Gasteiger partial charge in [0.2, 0.25) is 0 Å². The summed E-state index contributed by atoms with van der Waals surface area (Å²) >= 11 is 0. The first-order valence-corrected chi connectivity index (χ1v) is 5.83. The lowest BCUT2D eigenvalue weighted by Gasteiger charge is -2.28. The van der Waals surface area contributed by atoms with Crippen molar-refractivity contribution < 1.29 is 9.90 Å². The number of rotatable bonds is 3. The predicted octanol–water partition coefficient (Wildman–Crippen LogP) is -0.0361. The molecule has 2 rings (SSSR count). The normalized spacial score (nSPS) is 22.0. The molecule has 2 atom stereocenters. The van der Waals surface area contributed by atoms with Crippen molar-refractivity contribution in [2.75, 3.05) is 19.6 Å². The summed E-state index contributed by atoms with van der Waals surface area (Å²) in [7, 11) is 1.78. The van der Waals surface area contributed by atoms with E-state index in [-0.39, 0.29) is 42.7 Å². The minimum Gasteiger partial charge on any atom is -0.391 e. The monoisotopic (exact) mass is 310 g/mol. The largest absolute Gasteiger partial charge is 0.391 e. The van der Waals surface area contributed by atoms with E-state index in [1.165, 1.54) is 0 Å². The number of hydrogen-bond acceptors (Lipinski definition) is 4. The lowest BCUT2D eigenvalue weighted by atomic mass is 9.95. The minimum absolute atomic E-state index is 0. The number of hydrogen-bond donors (Lipinski definition) is 3. The van der Waals surface area contributed by atoms with Crippen LogP contribution in [0.25, 0.3) is 0 Å². The van der Waals surface area contributed by atoms with Gasteiger partial charge in [-0.25, -0.2) is 4.98 Å². The van der Waals surface area contributed by atoms with E-state index in [0.29, 0.717) is 18.9 Å². The van der Waals surface area contributed by atoms with Crippen molar-refractivity contribution in [1.29, 1.82) is 0 Å². The number of aliphatic hydroxyl groups excluding tert-OH is 1. The molecule has 0 saturated carbocycles. The van der Waals surface area contributed by atoms with Crippen LogP contribution in [0.4, 0.5) is 0 Å². The van der Waals surface area contributed by atoms with Crippen molar-refractivity contribution in [3.63, 3.8) is 0 Å². The molecule has 6 nitrogen and oxygen atoms in total. The molecule has 2 heterocycles. The number of nitrogens with one attached hydrogen (secondary N) is 2. The minimum atomic E-state index is -0.384. The predicted molar refractivity (Wildman–Crippen MR) is 77.0 cm³/mol. The number of aromatic nitrogens is 2. The summed E-state index contributed by atoms with van der Waals surface area (Å²) in [6.45, 7) is 1.98. The van der Waals surface area contributed by atoms with Gasteiger partial charge in [-0.05, 0) is 13.0 Å². The summed E-state index contributed by atoms with van der Waals surface area (Å²) in [5, 5.41) is 15.7. The summed E-state index contributed by atoms with van der Waals surface area (Å²) in [6.07, 6.45) is 3.82. The Morgan fingerprint density at radius 2 is 2.37 bits per heavy atom. The molecular weight excluding hydrogens is 291 g/mol. The van der Waals surface area contributed by atoms with Crippen LogP contribution >= 0.6 is 24.8 Å². The highest BCUT2D eigenvalue weighted by atomic mass is 35.5. The Labute approximate surface area is 124 Å². The lowest BCUT2D eigenvalue weighted by Crippen LogP contribution is -2.45. The fraction of sp³-hybridized carbons (Fsp3) is 0.636. The summed E-state index contributed by atoms with van der Waals surface area (Å²) in [6, 6.07) is 0. The number of β-amino-alcohol motifs (C(OH)–C–C–N with tert-alkyl or cyclic N) is 1. The maximum absolute atomic E-state index is 11.8. The van der Waals surface area contributed by atoms with Crippen LogP contribution in [-0.4, -0.2) is 46.3 Å². The van der Waals surface area contributed by atoms with E-state index >= 15 is 0 Å². The van der Waals surface area contributed by atoms with Gasteiger partial charge >= 0.3 is 0 Å². The number of aliphatic hydroxyl groups is 1.